The lowest BCUT2D eigenvalue weighted by Gasteiger charge is -2.09. The minimum atomic E-state index is -1.11. The van der Waals surface area contributed by atoms with E-state index in [1.807, 2.05) is 35.9 Å². The zero-order valence-electron chi connectivity index (χ0n) is 11.5. The Hall–Kier alpha value is -2.62. The van der Waals surface area contributed by atoms with E-state index in [9.17, 15) is 14.3 Å². The molecular formula is C17H14FNO2. The van der Waals surface area contributed by atoms with Crippen LogP contribution in [0.2, 0.25) is 0 Å². The third-order valence-electron chi connectivity index (χ3n) is 3.57. The largest absolute Gasteiger partial charge is 0.478 e. The highest BCUT2D eigenvalue weighted by Crippen LogP contribution is 2.20. The van der Waals surface area contributed by atoms with Crippen molar-refractivity contribution in [2.75, 3.05) is 0 Å². The summed E-state index contributed by atoms with van der Waals surface area (Å²) in [6.45, 7) is 2.41. The van der Waals surface area contributed by atoms with Gasteiger partial charge in [0.1, 0.15) is 5.82 Å². The Morgan fingerprint density at radius 1 is 1.19 bits per heavy atom. The van der Waals surface area contributed by atoms with Crippen molar-refractivity contribution >= 4 is 16.9 Å². The molecule has 0 bridgehead atoms. The van der Waals surface area contributed by atoms with Crippen molar-refractivity contribution in [2.24, 2.45) is 0 Å². The molecule has 0 amide bonds. The first-order valence-electron chi connectivity index (χ1n) is 6.62. The van der Waals surface area contributed by atoms with Crippen molar-refractivity contribution in [3.05, 3.63) is 71.2 Å². The van der Waals surface area contributed by atoms with E-state index in [1.54, 1.807) is 0 Å². The molecule has 0 atom stereocenters. The molecule has 21 heavy (non-hydrogen) atoms. The van der Waals surface area contributed by atoms with Gasteiger partial charge in [-0.1, -0.05) is 18.2 Å². The Bertz CT molecular complexity index is 836. The number of carboxylic acids is 1. The van der Waals surface area contributed by atoms with E-state index in [2.05, 4.69) is 6.07 Å². The number of aromatic carboxylic acids is 1. The summed E-state index contributed by atoms with van der Waals surface area (Å²) in [5.41, 5.74) is 2.77. The smallest absolute Gasteiger partial charge is 0.336 e. The summed E-state index contributed by atoms with van der Waals surface area (Å²) in [7, 11) is 0. The number of hydrogen-bond acceptors (Lipinski definition) is 1. The first-order valence-corrected chi connectivity index (χ1v) is 6.62. The van der Waals surface area contributed by atoms with Gasteiger partial charge < -0.3 is 9.67 Å². The maximum atomic E-state index is 13.2. The second kappa shape index (κ2) is 5.05. The van der Waals surface area contributed by atoms with Gasteiger partial charge in [0.25, 0.3) is 0 Å². The Kier molecular flexibility index (Phi) is 3.22. The monoisotopic (exact) mass is 283 g/mol. The van der Waals surface area contributed by atoms with E-state index in [-0.39, 0.29) is 5.56 Å². The lowest BCUT2D eigenvalue weighted by Crippen LogP contribution is -2.07. The SMILES string of the molecule is Cc1ccc2ccn(Cc3ccc(F)cc3C(=O)O)c2c1. The van der Waals surface area contributed by atoms with E-state index in [0.29, 0.717) is 12.1 Å². The first-order chi connectivity index (χ1) is 10.0. The molecule has 0 spiro atoms. The van der Waals surface area contributed by atoms with Crippen LogP contribution in [0.4, 0.5) is 4.39 Å². The van der Waals surface area contributed by atoms with Crippen LogP contribution in [0.3, 0.4) is 0 Å². The maximum absolute atomic E-state index is 13.2. The Balaban J connectivity index is 2.06. The van der Waals surface area contributed by atoms with Crippen molar-refractivity contribution < 1.29 is 14.3 Å². The van der Waals surface area contributed by atoms with Gasteiger partial charge in [-0.25, -0.2) is 9.18 Å². The zero-order chi connectivity index (χ0) is 15.0. The van der Waals surface area contributed by atoms with Gasteiger partial charge >= 0.3 is 5.97 Å². The number of rotatable bonds is 3. The molecule has 1 N–H and O–H groups in total. The summed E-state index contributed by atoms with van der Waals surface area (Å²) in [6, 6.07) is 12.0. The Morgan fingerprint density at radius 3 is 2.76 bits per heavy atom. The van der Waals surface area contributed by atoms with Crippen LogP contribution in [0.1, 0.15) is 21.5 Å². The zero-order valence-corrected chi connectivity index (χ0v) is 11.5. The molecule has 0 saturated carbocycles. The number of benzene rings is 2. The average Bonchev–Trinajstić information content (AvgIpc) is 2.83. The summed E-state index contributed by atoms with van der Waals surface area (Å²) >= 11 is 0. The fraction of sp³-hybridized carbons (Fsp3) is 0.118. The number of carboxylic acid groups (broad SMARTS) is 1. The molecule has 0 radical (unpaired) electrons. The number of fused-ring (bicyclic) bond motifs is 1. The molecule has 0 unspecified atom stereocenters. The van der Waals surface area contributed by atoms with Crippen LogP contribution < -0.4 is 0 Å². The van der Waals surface area contributed by atoms with E-state index in [0.717, 1.165) is 22.5 Å². The highest BCUT2D eigenvalue weighted by molar-refractivity contribution is 5.89. The van der Waals surface area contributed by atoms with Crippen molar-refractivity contribution in [2.45, 2.75) is 13.5 Å². The Labute approximate surface area is 121 Å². The van der Waals surface area contributed by atoms with Crippen molar-refractivity contribution in [3.8, 4) is 0 Å². The van der Waals surface area contributed by atoms with Gasteiger partial charge in [0.05, 0.1) is 5.56 Å². The van der Waals surface area contributed by atoms with Gasteiger partial charge in [0.15, 0.2) is 0 Å². The summed E-state index contributed by atoms with van der Waals surface area (Å²) < 4.78 is 15.2. The first kappa shape index (κ1) is 13.4. The molecule has 0 aliphatic heterocycles. The second-order valence-corrected chi connectivity index (χ2v) is 5.11. The highest BCUT2D eigenvalue weighted by atomic mass is 19.1. The fourth-order valence-corrected chi connectivity index (χ4v) is 2.50. The molecule has 3 rings (SSSR count). The van der Waals surface area contributed by atoms with Crippen LogP contribution in [0, 0.1) is 12.7 Å². The standard InChI is InChI=1S/C17H14FNO2/c1-11-2-3-12-6-7-19(16(12)8-11)10-13-4-5-14(18)9-15(13)17(20)21/h2-9H,10H2,1H3,(H,20,21). The number of aryl methyl sites for hydroxylation is 1. The minimum absolute atomic E-state index is 0.00417. The van der Waals surface area contributed by atoms with E-state index in [4.69, 9.17) is 0 Å². The van der Waals surface area contributed by atoms with Crippen molar-refractivity contribution in [1.82, 2.24) is 4.57 Å². The summed E-state index contributed by atoms with van der Waals surface area (Å²) in [6.07, 6.45) is 1.92. The molecule has 4 heteroatoms. The number of nitrogens with zero attached hydrogens (tertiary/aromatic N) is 1. The van der Waals surface area contributed by atoms with Crippen molar-refractivity contribution in [3.63, 3.8) is 0 Å². The molecule has 3 nitrogen and oxygen atoms in total. The van der Waals surface area contributed by atoms with E-state index < -0.39 is 11.8 Å². The van der Waals surface area contributed by atoms with Crippen LogP contribution in [0.15, 0.2) is 48.7 Å². The van der Waals surface area contributed by atoms with Gasteiger partial charge in [-0.05, 0) is 47.7 Å². The van der Waals surface area contributed by atoms with Gasteiger partial charge in [-0.2, -0.15) is 0 Å². The maximum Gasteiger partial charge on any atom is 0.336 e. The van der Waals surface area contributed by atoms with Gasteiger partial charge in [-0.3, -0.25) is 0 Å². The summed E-state index contributed by atoms with van der Waals surface area (Å²) in [5, 5.41) is 10.3. The predicted octanol–water partition coefficient (Wildman–Crippen LogP) is 3.84. The predicted molar refractivity (Wildman–Crippen MR) is 79.1 cm³/mol. The van der Waals surface area contributed by atoms with Crippen LogP contribution in [0.25, 0.3) is 10.9 Å². The van der Waals surface area contributed by atoms with Gasteiger partial charge in [-0.15, -0.1) is 0 Å². The molecule has 0 aliphatic carbocycles. The quantitative estimate of drug-likeness (QED) is 0.793. The molecule has 106 valence electrons. The molecule has 1 aromatic heterocycles. The third-order valence-corrected chi connectivity index (χ3v) is 3.57. The van der Waals surface area contributed by atoms with Crippen LogP contribution >= 0.6 is 0 Å². The molecule has 0 saturated heterocycles. The molecule has 3 aromatic rings. The van der Waals surface area contributed by atoms with Gasteiger partial charge in [0, 0.05) is 18.3 Å². The number of hydrogen-bond donors (Lipinski definition) is 1. The van der Waals surface area contributed by atoms with Crippen LogP contribution in [-0.2, 0) is 6.54 Å². The summed E-state index contributed by atoms with van der Waals surface area (Å²) in [4.78, 5) is 11.2. The van der Waals surface area contributed by atoms with Crippen molar-refractivity contribution in [1.29, 1.82) is 0 Å². The van der Waals surface area contributed by atoms with Crippen LogP contribution in [0.5, 0.6) is 0 Å². The highest BCUT2D eigenvalue weighted by Gasteiger charge is 2.12. The number of carbonyl (C=O) groups is 1. The third kappa shape index (κ3) is 2.52. The molecular weight excluding hydrogens is 269 g/mol. The lowest BCUT2D eigenvalue weighted by atomic mass is 10.1. The molecule has 2 aromatic carbocycles. The summed E-state index contributed by atoms with van der Waals surface area (Å²) in [5.74, 6) is -1.65. The lowest BCUT2D eigenvalue weighted by molar-refractivity contribution is 0.0695. The minimum Gasteiger partial charge on any atom is -0.478 e. The number of aromatic nitrogens is 1. The average molecular weight is 283 g/mol. The molecule has 0 fully saturated rings. The van der Waals surface area contributed by atoms with E-state index in [1.165, 1.54) is 12.1 Å². The Morgan fingerprint density at radius 2 is 2.00 bits per heavy atom. The van der Waals surface area contributed by atoms with E-state index >= 15 is 0 Å². The van der Waals surface area contributed by atoms with Gasteiger partial charge in [0.2, 0.25) is 0 Å². The fourth-order valence-electron chi connectivity index (χ4n) is 2.50. The molecule has 1 heterocycles. The topological polar surface area (TPSA) is 42.2 Å². The second-order valence-electron chi connectivity index (χ2n) is 5.11. The molecule has 0 aliphatic rings. The number of halogens is 1. The normalized spacial score (nSPS) is 11.0. The van der Waals surface area contributed by atoms with Crippen LogP contribution in [-0.4, -0.2) is 15.6 Å².